The highest BCUT2D eigenvalue weighted by molar-refractivity contribution is 5.33. The molecule has 2 rings (SSSR count). The van der Waals surface area contributed by atoms with Crippen molar-refractivity contribution in [1.29, 1.82) is 0 Å². The molecule has 0 heterocycles. The summed E-state index contributed by atoms with van der Waals surface area (Å²) >= 11 is 0. The molecule has 100 valence electrons. The molecule has 1 fully saturated rings. The maximum absolute atomic E-state index is 10.4. The summed E-state index contributed by atoms with van der Waals surface area (Å²) in [5, 5.41) is 10.4. The summed E-state index contributed by atoms with van der Waals surface area (Å²) in [7, 11) is 0. The van der Waals surface area contributed by atoms with Gasteiger partial charge in [0.05, 0.1) is 6.10 Å². The van der Waals surface area contributed by atoms with Crippen LogP contribution in [0.5, 0.6) is 0 Å². The Balaban J connectivity index is 2.28. The van der Waals surface area contributed by atoms with Gasteiger partial charge in [-0.15, -0.1) is 0 Å². The molecule has 0 spiro atoms. The van der Waals surface area contributed by atoms with E-state index in [0.717, 1.165) is 12.8 Å². The zero-order chi connectivity index (χ0) is 13.3. The smallest absolute Gasteiger partial charge is 0.0579 e. The van der Waals surface area contributed by atoms with Gasteiger partial charge in [-0.3, -0.25) is 0 Å². The van der Waals surface area contributed by atoms with Crippen LogP contribution in [0.3, 0.4) is 0 Å². The predicted molar refractivity (Wildman–Crippen MR) is 76.7 cm³/mol. The lowest BCUT2D eigenvalue weighted by Gasteiger charge is -2.43. The third-order valence-electron chi connectivity index (χ3n) is 4.85. The molecular weight excluding hydrogens is 220 g/mol. The van der Waals surface area contributed by atoms with Crippen LogP contribution in [0.15, 0.2) is 24.3 Å². The van der Waals surface area contributed by atoms with Gasteiger partial charge in [0.15, 0.2) is 0 Å². The minimum absolute atomic E-state index is 0.0604. The second kappa shape index (κ2) is 5.05. The highest BCUT2D eigenvalue weighted by atomic mass is 16.3. The van der Waals surface area contributed by atoms with Gasteiger partial charge in [-0.25, -0.2) is 0 Å². The van der Waals surface area contributed by atoms with E-state index in [0.29, 0.717) is 11.8 Å². The molecule has 0 bridgehead atoms. The summed E-state index contributed by atoms with van der Waals surface area (Å²) in [5.74, 6) is 1.05. The molecule has 1 N–H and O–H groups in total. The number of aryl methyl sites for hydroxylation is 1. The van der Waals surface area contributed by atoms with E-state index in [-0.39, 0.29) is 11.5 Å². The first-order chi connectivity index (χ1) is 8.43. The fourth-order valence-electron chi connectivity index (χ4n) is 3.69. The van der Waals surface area contributed by atoms with Crippen LogP contribution in [-0.2, 0) is 5.41 Å². The largest absolute Gasteiger partial charge is 0.393 e. The van der Waals surface area contributed by atoms with Gasteiger partial charge in [0.25, 0.3) is 0 Å². The van der Waals surface area contributed by atoms with Gasteiger partial charge in [0.1, 0.15) is 0 Å². The molecule has 1 saturated carbocycles. The summed E-state index contributed by atoms with van der Waals surface area (Å²) in [6.45, 7) is 9.01. The Bertz CT molecular complexity index is 408. The van der Waals surface area contributed by atoms with Crippen molar-refractivity contribution < 1.29 is 5.11 Å². The molecule has 1 aromatic carbocycles. The SMILES string of the molecule is Cc1ccccc1C(C)(C)C1CCC(C)CC1O. The molecule has 18 heavy (non-hydrogen) atoms. The first-order valence-corrected chi connectivity index (χ1v) is 7.17. The topological polar surface area (TPSA) is 20.2 Å². The third-order valence-corrected chi connectivity index (χ3v) is 4.85. The molecule has 1 heteroatoms. The van der Waals surface area contributed by atoms with E-state index < -0.39 is 0 Å². The lowest BCUT2D eigenvalue weighted by atomic mass is 9.64. The van der Waals surface area contributed by atoms with E-state index in [2.05, 4.69) is 52.0 Å². The fraction of sp³-hybridized carbons (Fsp3) is 0.647. The maximum atomic E-state index is 10.4. The van der Waals surface area contributed by atoms with E-state index in [1.807, 2.05) is 0 Å². The van der Waals surface area contributed by atoms with Crippen LogP contribution in [0.4, 0.5) is 0 Å². The van der Waals surface area contributed by atoms with E-state index in [1.54, 1.807) is 0 Å². The Morgan fingerprint density at radius 1 is 1.17 bits per heavy atom. The van der Waals surface area contributed by atoms with Crippen LogP contribution in [0.1, 0.15) is 51.2 Å². The molecule has 0 aliphatic heterocycles. The van der Waals surface area contributed by atoms with Crippen molar-refractivity contribution in [3.8, 4) is 0 Å². The summed E-state index contributed by atoms with van der Waals surface area (Å²) in [6.07, 6.45) is 3.20. The monoisotopic (exact) mass is 246 g/mol. The Labute approximate surface area is 111 Å². The van der Waals surface area contributed by atoms with E-state index in [9.17, 15) is 5.11 Å². The quantitative estimate of drug-likeness (QED) is 0.834. The van der Waals surface area contributed by atoms with E-state index in [1.165, 1.54) is 17.5 Å². The first-order valence-electron chi connectivity index (χ1n) is 7.17. The summed E-state index contributed by atoms with van der Waals surface area (Å²) < 4.78 is 0. The van der Waals surface area contributed by atoms with Gasteiger partial charge in [-0.05, 0) is 48.1 Å². The van der Waals surface area contributed by atoms with Crippen LogP contribution in [0, 0.1) is 18.8 Å². The molecule has 1 aliphatic rings. The number of hydrogen-bond donors (Lipinski definition) is 1. The number of hydrogen-bond acceptors (Lipinski definition) is 1. The molecule has 1 nitrogen and oxygen atoms in total. The Morgan fingerprint density at radius 3 is 2.44 bits per heavy atom. The van der Waals surface area contributed by atoms with Gasteiger partial charge in [-0.1, -0.05) is 51.5 Å². The van der Waals surface area contributed by atoms with Gasteiger partial charge >= 0.3 is 0 Å². The van der Waals surface area contributed by atoms with Crippen LogP contribution < -0.4 is 0 Å². The molecule has 1 aliphatic carbocycles. The Hall–Kier alpha value is -0.820. The van der Waals surface area contributed by atoms with Crippen molar-refractivity contribution in [2.24, 2.45) is 11.8 Å². The van der Waals surface area contributed by atoms with Crippen LogP contribution >= 0.6 is 0 Å². The standard InChI is InChI=1S/C17H26O/c1-12-9-10-15(16(18)11-12)17(3,4)14-8-6-5-7-13(14)2/h5-8,12,15-16,18H,9-11H2,1-4H3. The zero-order valence-corrected chi connectivity index (χ0v) is 12.1. The molecule has 3 atom stereocenters. The molecular formula is C17H26O. The predicted octanol–water partition coefficient (Wildman–Crippen LogP) is 4.07. The van der Waals surface area contributed by atoms with Gasteiger partial charge in [0.2, 0.25) is 0 Å². The molecule has 0 saturated heterocycles. The van der Waals surface area contributed by atoms with Gasteiger partial charge in [0, 0.05) is 0 Å². The lowest BCUT2D eigenvalue weighted by Crippen LogP contribution is -2.41. The minimum atomic E-state index is -0.150. The maximum Gasteiger partial charge on any atom is 0.0579 e. The van der Waals surface area contributed by atoms with Crippen molar-refractivity contribution in [2.75, 3.05) is 0 Å². The zero-order valence-electron chi connectivity index (χ0n) is 12.1. The molecule has 0 amide bonds. The summed E-state index contributed by atoms with van der Waals surface area (Å²) in [4.78, 5) is 0. The summed E-state index contributed by atoms with van der Waals surface area (Å²) in [5.41, 5.74) is 2.79. The average Bonchev–Trinajstić information content (AvgIpc) is 2.28. The lowest BCUT2D eigenvalue weighted by molar-refractivity contribution is 0.0142. The third kappa shape index (κ3) is 2.47. The normalized spacial score (nSPS) is 29.3. The average molecular weight is 246 g/mol. The van der Waals surface area contributed by atoms with Crippen molar-refractivity contribution in [1.82, 2.24) is 0 Å². The van der Waals surface area contributed by atoms with Crippen LogP contribution in [0.25, 0.3) is 0 Å². The number of benzene rings is 1. The van der Waals surface area contributed by atoms with Gasteiger partial charge < -0.3 is 5.11 Å². The van der Waals surface area contributed by atoms with Crippen molar-refractivity contribution in [3.63, 3.8) is 0 Å². The van der Waals surface area contributed by atoms with E-state index >= 15 is 0 Å². The number of aliphatic hydroxyl groups is 1. The van der Waals surface area contributed by atoms with Crippen LogP contribution in [-0.4, -0.2) is 11.2 Å². The van der Waals surface area contributed by atoms with Gasteiger partial charge in [-0.2, -0.15) is 0 Å². The molecule has 0 aromatic heterocycles. The number of rotatable bonds is 2. The molecule has 3 unspecified atom stereocenters. The Morgan fingerprint density at radius 2 is 1.83 bits per heavy atom. The van der Waals surface area contributed by atoms with Crippen molar-refractivity contribution >= 4 is 0 Å². The second-order valence-electron chi connectivity index (χ2n) is 6.63. The minimum Gasteiger partial charge on any atom is -0.393 e. The van der Waals surface area contributed by atoms with Crippen LogP contribution in [0.2, 0.25) is 0 Å². The second-order valence-corrected chi connectivity index (χ2v) is 6.63. The van der Waals surface area contributed by atoms with Crippen molar-refractivity contribution in [3.05, 3.63) is 35.4 Å². The van der Waals surface area contributed by atoms with Crippen molar-refractivity contribution in [2.45, 2.75) is 58.5 Å². The fourth-order valence-corrected chi connectivity index (χ4v) is 3.69. The summed E-state index contributed by atoms with van der Waals surface area (Å²) in [6, 6.07) is 8.60. The molecule has 1 aromatic rings. The van der Waals surface area contributed by atoms with E-state index in [4.69, 9.17) is 0 Å². The number of aliphatic hydroxyl groups excluding tert-OH is 1. The highest BCUT2D eigenvalue weighted by Gasteiger charge is 2.39. The first kappa shape index (κ1) is 13.6. The molecule has 0 radical (unpaired) electrons. The highest BCUT2D eigenvalue weighted by Crippen LogP contribution is 2.43. The Kier molecular flexibility index (Phi) is 3.82.